The minimum Gasteiger partial charge on any atom is -0.507 e. The van der Waals surface area contributed by atoms with E-state index in [4.69, 9.17) is 35.4 Å². The van der Waals surface area contributed by atoms with Crippen LogP contribution in [0.1, 0.15) is 11.1 Å². The highest BCUT2D eigenvalue weighted by atomic mass is 35.5. The van der Waals surface area contributed by atoms with Gasteiger partial charge in [-0.25, -0.2) is 5.10 Å². The van der Waals surface area contributed by atoms with Crippen molar-refractivity contribution in [3.8, 4) is 17.1 Å². The fourth-order valence-corrected chi connectivity index (χ4v) is 3.07. The van der Waals surface area contributed by atoms with E-state index < -0.39 is 0 Å². The van der Waals surface area contributed by atoms with Gasteiger partial charge in [-0.2, -0.15) is 14.9 Å². The maximum absolute atomic E-state index is 10.3. The number of hydrogen-bond acceptors (Lipinski definition) is 4. The van der Waals surface area contributed by atoms with Crippen molar-refractivity contribution < 1.29 is 5.11 Å². The molecule has 0 unspecified atom stereocenters. The lowest BCUT2D eigenvalue weighted by Gasteiger charge is -2.06. The van der Waals surface area contributed by atoms with Crippen LogP contribution in [0.2, 0.25) is 10.0 Å². The molecule has 0 bridgehead atoms. The Hall–Kier alpha value is -2.41. The van der Waals surface area contributed by atoms with Crippen molar-refractivity contribution in [3.63, 3.8) is 0 Å². The van der Waals surface area contributed by atoms with Crippen molar-refractivity contribution in [3.05, 3.63) is 75.0 Å². The number of aromatic hydroxyl groups is 1. The van der Waals surface area contributed by atoms with Gasteiger partial charge in [0.1, 0.15) is 5.75 Å². The molecule has 2 N–H and O–H groups in total. The Kier molecular flexibility index (Phi) is 5.56. The second-order valence-corrected chi connectivity index (χ2v) is 6.61. The largest absolute Gasteiger partial charge is 0.507 e. The maximum atomic E-state index is 10.3. The second kappa shape index (κ2) is 7.86. The summed E-state index contributed by atoms with van der Waals surface area (Å²) in [6.07, 6.45) is 3.80. The third-order valence-corrected chi connectivity index (χ3v) is 4.46. The van der Waals surface area contributed by atoms with Gasteiger partial charge in [0.15, 0.2) is 5.82 Å². The van der Waals surface area contributed by atoms with Crippen LogP contribution >= 0.6 is 35.4 Å². The molecule has 8 heteroatoms. The lowest BCUT2D eigenvalue weighted by atomic mass is 10.1. The van der Waals surface area contributed by atoms with Gasteiger partial charge in [0, 0.05) is 16.1 Å². The van der Waals surface area contributed by atoms with Crippen LogP contribution in [0, 0.1) is 4.77 Å². The molecule has 1 heterocycles. The molecule has 3 aromatic rings. The standard InChI is InChI=1S/C18H14Cl2N4OS/c1-2-4-11-5-3-6-12(16(11)25)10-21-24-17(22-23-18(24)26)14-8-7-13(19)9-15(14)20/h2-3,5-10,25H,1,4H2,(H,23,26)/b21-10+. The molecule has 0 spiro atoms. The minimum atomic E-state index is 0.150. The fourth-order valence-electron chi connectivity index (χ4n) is 2.40. The minimum absolute atomic E-state index is 0.150. The monoisotopic (exact) mass is 404 g/mol. The number of rotatable bonds is 5. The Morgan fingerprint density at radius 1 is 1.31 bits per heavy atom. The van der Waals surface area contributed by atoms with E-state index in [-0.39, 0.29) is 5.75 Å². The van der Waals surface area contributed by atoms with Crippen molar-refractivity contribution >= 4 is 41.6 Å². The van der Waals surface area contributed by atoms with E-state index in [1.54, 1.807) is 30.3 Å². The van der Waals surface area contributed by atoms with Gasteiger partial charge in [-0.05, 0) is 48.5 Å². The van der Waals surface area contributed by atoms with Crippen LogP contribution in [0.5, 0.6) is 5.75 Å². The first-order valence-corrected chi connectivity index (χ1v) is 8.76. The number of nitrogens with one attached hydrogen (secondary N) is 1. The van der Waals surface area contributed by atoms with Crippen molar-refractivity contribution in [2.24, 2.45) is 5.10 Å². The Balaban J connectivity index is 2.03. The molecule has 0 aliphatic heterocycles. The van der Waals surface area contributed by atoms with Crippen LogP contribution < -0.4 is 0 Å². The normalized spacial score (nSPS) is 11.2. The number of allylic oxidation sites excluding steroid dienone is 1. The summed E-state index contributed by atoms with van der Waals surface area (Å²) in [5.74, 6) is 0.590. The SMILES string of the molecule is C=CCc1cccc(/C=N/n2c(-c3ccc(Cl)cc3Cl)n[nH]c2=S)c1O. The molecule has 0 radical (unpaired) electrons. The molecule has 3 rings (SSSR count). The van der Waals surface area contributed by atoms with E-state index in [9.17, 15) is 5.11 Å². The molecule has 0 saturated heterocycles. The van der Waals surface area contributed by atoms with Crippen molar-refractivity contribution in [2.45, 2.75) is 6.42 Å². The van der Waals surface area contributed by atoms with Crippen LogP contribution in [0.4, 0.5) is 0 Å². The zero-order valence-corrected chi connectivity index (χ0v) is 15.8. The van der Waals surface area contributed by atoms with Gasteiger partial charge in [0.25, 0.3) is 0 Å². The zero-order valence-electron chi connectivity index (χ0n) is 13.5. The van der Waals surface area contributed by atoms with E-state index in [0.717, 1.165) is 5.56 Å². The predicted octanol–water partition coefficient (Wildman–Crippen LogP) is 5.23. The molecule has 132 valence electrons. The smallest absolute Gasteiger partial charge is 0.216 e. The molecular weight excluding hydrogens is 391 g/mol. The van der Waals surface area contributed by atoms with Crippen molar-refractivity contribution in [2.75, 3.05) is 0 Å². The summed E-state index contributed by atoms with van der Waals surface area (Å²) in [4.78, 5) is 0. The van der Waals surface area contributed by atoms with Gasteiger partial charge in [0.2, 0.25) is 4.77 Å². The summed E-state index contributed by atoms with van der Waals surface area (Å²) in [6, 6.07) is 10.5. The third kappa shape index (κ3) is 3.72. The molecule has 0 fully saturated rings. The second-order valence-electron chi connectivity index (χ2n) is 5.38. The Morgan fingerprint density at radius 3 is 2.85 bits per heavy atom. The van der Waals surface area contributed by atoms with Gasteiger partial charge in [-0.15, -0.1) is 6.58 Å². The molecular formula is C18H14Cl2N4OS. The first-order chi connectivity index (χ1) is 12.5. The zero-order chi connectivity index (χ0) is 18.7. The van der Waals surface area contributed by atoms with Crippen molar-refractivity contribution in [1.82, 2.24) is 14.9 Å². The number of phenolic OH excluding ortho intramolecular Hbond substituents is 1. The van der Waals surface area contributed by atoms with Crippen LogP contribution in [0.3, 0.4) is 0 Å². The summed E-state index contributed by atoms with van der Waals surface area (Å²) in [5.41, 5.74) is 1.95. The molecule has 0 atom stereocenters. The molecule has 2 aromatic carbocycles. The Labute approximate surface area is 165 Å². The van der Waals surface area contributed by atoms with E-state index in [1.165, 1.54) is 10.9 Å². The first kappa shape index (κ1) is 18.4. The summed E-state index contributed by atoms with van der Waals surface area (Å²) in [6.45, 7) is 3.69. The molecule has 0 aliphatic rings. The highest BCUT2D eigenvalue weighted by Gasteiger charge is 2.12. The number of aromatic nitrogens is 3. The number of halogens is 2. The molecule has 26 heavy (non-hydrogen) atoms. The topological polar surface area (TPSA) is 66.2 Å². The van der Waals surface area contributed by atoms with E-state index in [2.05, 4.69) is 21.9 Å². The summed E-state index contributed by atoms with van der Waals surface area (Å²) in [7, 11) is 0. The van der Waals surface area contributed by atoms with Gasteiger partial charge in [-0.1, -0.05) is 41.4 Å². The molecule has 0 amide bonds. The Morgan fingerprint density at radius 2 is 2.12 bits per heavy atom. The molecule has 0 aliphatic carbocycles. The highest BCUT2D eigenvalue weighted by molar-refractivity contribution is 7.71. The first-order valence-electron chi connectivity index (χ1n) is 7.60. The average molecular weight is 405 g/mol. The lowest BCUT2D eigenvalue weighted by Crippen LogP contribution is -1.96. The lowest BCUT2D eigenvalue weighted by molar-refractivity contribution is 0.469. The van der Waals surface area contributed by atoms with Gasteiger partial charge in [-0.3, -0.25) is 0 Å². The third-order valence-electron chi connectivity index (χ3n) is 3.65. The molecule has 1 aromatic heterocycles. The average Bonchev–Trinajstić information content (AvgIpc) is 2.96. The summed E-state index contributed by atoms with van der Waals surface area (Å²) >= 11 is 17.4. The number of H-pyrrole nitrogens is 1. The van der Waals surface area contributed by atoms with Crippen LogP contribution in [-0.4, -0.2) is 26.2 Å². The molecule has 5 nitrogen and oxygen atoms in total. The van der Waals surface area contributed by atoms with Crippen LogP contribution in [0.25, 0.3) is 11.4 Å². The van der Waals surface area contributed by atoms with E-state index >= 15 is 0 Å². The number of benzene rings is 2. The number of phenols is 1. The van der Waals surface area contributed by atoms with Crippen LogP contribution in [-0.2, 0) is 6.42 Å². The number of nitrogens with zero attached hydrogens (tertiary/aromatic N) is 3. The maximum Gasteiger partial charge on any atom is 0.216 e. The predicted molar refractivity (Wildman–Crippen MR) is 108 cm³/mol. The fraction of sp³-hybridized carbons (Fsp3) is 0.0556. The quantitative estimate of drug-likeness (QED) is 0.347. The summed E-state index contributed by atoms with van der Waals surface area (Å²) < 4.78 is 1.73. The molecule has 0 saturated carbocycles. The Bertz CT molecular complexity index is 1060. The number of aromatic amines is 1. The van der Waals surface area contributed by atoms with E-state index in [1.807, 2.05) is 12.1 Å². The van der Waals surface area contributed by atoms with Gasteiger partial charge < -0.3 is 5.11 Å². The highest BCUT2D eigenvalue weighted by Crippen LogP contribution is 2.29. The van der Waals surface area contributed by atoms with Crippen molar-refractivity contribution in [1.29, 1.82) is 0 Å². The number of hydrogen-bond donors (Lipinski definition) is 2. The number of para-hydroxylation sites is 1. The van der Waals surface area contributed by atoms with E-state index in [0.29, 0.717) is 38.2 Å². The van der Waals surface area contributed by atoms with Crippen LogP contribution in [0.15, 0.2) is 54.2 Å². The summed E-state index contributed by atoms with van der Waals surface area (Å²) in [5, 5.41) is 22.5. The van der Waals surface area contributed by atoms with Gasteiger partial charge >= 0.3 is 0 Å². The van der Waals surface area contributed by atoms with Gasteiger partial charge in [0.05, 0.1) is 11.2 Å².